The molecule has 5 nitrogen and oxygen atoms in total. The molecule has 0 aliphatic heterocycles. The second-order valence-electron chi connectivity index (χ2n) is 10.8. The lowest BCUT2D eigenvalue weighted by Crippen LogP contribution is -2.09. The van der Waals surface area contributed by atoms with E-state index in [0.29, 0.717) is 11.5 Å². The molecule has 0 atom stereocenters. The van der Waals surface area contributed by atoms with Crippen LogP contribution in [0.5, 0.6) is 11.5 Å². The number of rotatable bonds is 11. The number of carbonyl (C=O) groups is 2. The third-order valence-corrected chi connectivity index (χ3v) is 7.39. The highest BCUT2D eigenvalue weighted by atomic mass is 16.5. The summed E-state index contributed by atoms with van der Waals surface area (Å²) in [6.45, 7) is 11.1. The van der Waals surface area contributed by atoms with Crippen LogP contribution in [-0.2, 0) is 9.59 Å². The third kappa shape index (κ3) is 8.50. The van der Waals surface area contributed by atoms with Crippen molar-refractivity contribution >= 4 is 40.6 Å². The normalized spacial score (nSPS) is 10.6. The minimum absolute atomic E-state index is 0.422. The van der Waals surface area contributed by atoms with Crippen LogP contribution in [-0.4, -0.2) is 11.9 Å². The first-order valence-corrected chi connectivity index (χ1v) is 15.1. The van der Waals surface area contributed by atoms with Gasteiger partial charge in [-0.3, -0.25) is 0 Å². The van der Waals surface area contributed by atoms with E-state index in [4.69, 9.17) is 9.47 Å². The summed E-state index contributed by atoms with van der Waals surface area (Å²) in [6, 6.07) is 40.0. The molecule has 5 aromatic carbocycles. The zero-order chi connectivity index (χ0) is 33.2. The summed E-state index contributed by atoms with van der Waals surface area (Å²) in [5, 5.41) is 0. The van der Waals surface area contributed by atoms with Crippen molar-refractivity contribution in [3.05, 3.63) is 187 Å². The second-order valence-corrected chi connectivity index (χ2v) is 10.8. The number of nitrogens with zero attached hydrogens (tertiary/aromatic N) is 1. The van der Waals surface area contributed by atoms with Crippen molar-refractivity contribution < 1.29 is 19.1 Å². The predicted molar refractivity (Wildman–Crippen MR) is 191 cm³/mol. The maximum absolute atomic E-state index is 11.6. The van der Waals surface area contributed by atoms with E-state index in [9.17, 15) is 9.59 Å². The molecule has 0 aromatic heterocycles. The summed E-state index contributed by atoms with van der Waals surface area (Å²) in [6.07, 6.45) is 8.32. The van der Waals surface area contributed by atoms with Crippen molar-refractivity contribution in [3.63, 3.8) is 0 Å². The highest BCUT2D eigenvalue weighted by Gasteiger charge is 2.12. The number of aryl methyl sites for hydroxylation is 2. The predicted octanol–water partition coefficient (Wildman–Crippen LogP) is 10.1. The van der Waals surface area contributed by atoms with Gasteiger partial charge in [-0.05, 0) is 96.8 Å². The summed E-state index contributed by atoms with van der Waals surface area (Å²) < 4.78 is 10.5. The van der Waals surface area contributed by atoms with Crippen LogP contribution >= 0.6 is 0 Å². The Bertz CT molecular complexity index is 1800. The number of allylic oxidation sites excluding steroid dienone is 2. The topological polar surface area (TPSA) is 55.8 Å². The van der Waals surface area contributed by atoms with Gasteiger partial charge in [-0.25, -0.2) is 9.59 Å². The first-order valence-electron chi connectivity index (χ1n) is 15.1. The largest absolute Gasteiger partial charge is 0.423 e. The molecule has 0 bridgehead atoms. The van der Waals surface area contributed by atoms with Crippen molar-refractivity contribution in [3.8, 4) is 11.5 Å². The van der Waals surface area contributed by atoms with Crippen LogP contribution in [0.3, 0.4) is 0 Å². The molecule has 47 heavy (non-hydrogen) atoms. The van der Waals surface area contributed by atoms with Gasteiger partial charge in [0.15, 0.2) is 0 Å². The molecule has 0 amide bonds. The van der Waals surface area contributed by atoms with Gasteiger partial charge in [-0.1, -0.05) is 103 Å². The van der Waals surface area contributed by atoms with Crippen molar-refractivity contribution in [2.24, 2.45) is 0 Å². The SMILES string of the molecule is C=CC(=O)Oc1ccc(C(=C/C=C/c2ccc(N(c3ccc(C)cc3)c3ccc(C)cc3)cc2)c2ccc(OC(=O)C=C)cc2)cc1. The fourth-order valence-electron chi connectivity index (χ4n) is 4.90. The molecule has 0 aliphatic rings. The van der Waals surface area contributed by atoms with Crippen LogP contribution in [0, 0.1) is 13.8 Å². The summed E-state index contributed by atoms with van der Waals surface area (Å²) in [5.74, 6) is -0.197. The molecule has 0 radical (unpaired) electrons. The molecule has 232 valence electrons. The molecule has 5 rings (SSSR count). The number of hydrogen-bond acceptors (Lipinski definition) is 5. The molecule has 0 unspecified atom stereocenters. The van der Waals surface area contributed by atoms with E-state index in [1.807, 2.05) is 42.5 Å². The number of carbonyl (C=O) groups excluding carboxylic acids is 2. The molecule has 5 heteroatoms. The van der Waals surface area contributed by atoms with Gasteiger partial charge in [-0.15, -0.1) is 0 Å². The number of hydrogen-bond donors (Lipinski definition) is 0. The summed E-state index contributed by atoms with van der Waals surface area (Å²) >= 11 is 0. The molecule has 0 aliphatic carbocycles. The van der Waals surface area contributed by atoms with Gasteiger partial charge in [0.25, 0.3) is 0 Å². The average molecular weight is 618 g/mol. The number of benzene rings is 5. The molecule has 0 fully saturated rings. The van der Waals surface area contributed by atoms with Crippen LogP contribution in [0.15, 0.2) is 159 Å². The van der Waals surface area contributed by atoms with Crippen molar-refractivity contribution in [2.45, 2.75) is 13.8 Å². The maximum atomic E-state index is 11.6. The lowest BCUT2D eigenvalue weighted by atomic mass is 9.97. The van der Waals surface area contributed by atoms with Crippen LogP contribution in [0.2, 0.25) is 0 Å². The fourth-order valence-corrected chi connectivity index (χ4v) is 4.90. The van der Waals surface area contributed by atoms with Crippen LogP contribution in [0.25, 0.3) is 11.6 Å². The molecular weight excluding hydrogens is 582 g/mol. The molecule has 5 aromatic rings. The van der Waals surface area contributed by atoms with Crippen LogP contribution in [0.4, 0.5) is 17.1 Å². The molecule has 0 spiro atoms. The first-order chi connectivity index (χ1) is 22.8. The monoisotopic (exact) mass is 617 g/mol. The Morgan fingerprint density at radius 1 is 0.553 bits per heavy atom. The van der Waals surface area contributed by atoms with Gasteiger partial charge in [0.05, 0.1) is 0 Å². The fraction of sp³-hybridized carbons (Fsp3) is 0.0476. The highest BCUT2D eigenvalue weighted by Crippen LogP contribution is 2.35. The zero-order valence-electron chi connectivity index (χ0n) is 26.4. The van der Waals surface area contributed by atoms with Crippen LogP contribution < -0.4 is 14.4 Å². The lowest BCUT2D eigenvalue weighted by molar-refractivity contribution is -0.129. The zero-order valence-corrected chi connectivity index (χ0v) is 26.4. The minimum Gasteiger partial charge on any atom is -0.423 e. The molecule has 0 N–H and O–H groups in total. The van der Waals surface area contributed by atoms with Gasteiger partial charge in [-0.2, -0.15) is 0 Å². The molecule has 0 saturated heterocycles. The van der Waals surface area contributed by atoms with Gasteiger partial charge < -0.3 is 14.4 Å². The Labute approximate surface area is 276 Å². The summed E-state index contributed by atoms with van der Waals surface area (Å²) in [7, 11) is 0. The van der Waals surface area contributed by atoms with E-state index >= 15 is 0 Å². The smallest absolute Gasteiger partial charge is 0.335 e. The maximum Gasteiger partial charge on any atom is 0.335 e. The second kappa shape index (κ2) is 15.2. The van der Waals surface area contributed by atoms with Crippen molar-refractivity contribution in [2.75, 3.05) is 4.90 Å². The van der Waals surface area contributed by atoms with Crippen molar-refractivity contribution in [1.82, 2.24) is 0 Å². The molecule has 0 heterocycles. The molecular formula is C42H35NO4. The van der Waals surface area contributed by atoms with E-state index in [1.165, 1.54) is 11.1 Å². The van der Waals surface area contributed by atoms with Gasteiger partial charge in [0, 0.05) is 29.2 Å². The Kier molecular flexibility index (Phi) is 10.4. The Hall–Kier alpha value is -6.20. The van der Waals surface area contributed by atoms with Gasteiger partial charge >= 0.3 is 11.9 Å². The van der Waals surface area contributed by atoms with E-state index in [0.717, 1.165) is 51.5 Å². The summed E-state index contributed by atoms with van der Waals surface area (Å²) in [5.41, 5.74) is 9.44. The quantitative estimate of drug-likeness (QED) is 0.0639. The number of esters is 2. The number of ether oxygens (including phenoxy) is 2. The van der Waals surface area contributed by atoms with Gasteiger partial charge in [0.2, 0.25) is 0 Å². The lowest BCUT2D eigenvalue weighted by Gasteiger charge is -2.25. The standard InChI is InChI=1S/C42H35NO4/c1-5-41(44)46-38-26-16-33(17-27-38)40(34-18-28-39(29-19-34)47-42(45)6-2)9-7-8-32-14-24-37(25-15-32)43(35-20-10-30(3)11-21-35)36-22-12-31(4)13-23-36/h5-29H,1-2H2,3-4H3/b8-7+. The Balaban J connectivity index is 1.43. The minimum atomic E-state index is -0.520. The average Bonchev–Trinajstić information content (AvgIpc) is 3.10. The third-order valence-electron chi connectivity index (χ3n) is 7.39. The Morgan fingerprint density at radius 2 is 0.936 bits per heavy atom. The number of anilines is 3. The first kappa shape index (κ1) is 32.2. The Morgan fingerprint density at radius 3 is 1.32 bits per heavy atom. The van der Waals surface area contributed by atoms with E-state index < -0.39 is 11.9 Å². The van der Waals surface area contributed by atoms with Crippen molar-refractivity contribution in [1.29, 1.82) is 0 Å². The van der Waals surface area contributed by atoms with E-state index in [2.05, 4.69) is 105 Å². The van der Waals surface area contributed by atoms with Gasteiger partial charge in [0.1, 0.15) is 11.5 Å². The van der Waals surface area contributed by atoms with E-state index in [1.54, 1.807) is 24.3 Å². The van der Waals surface area contributed by atoms with E-state index in [-0.39, 0.29) is 0 Å². The summed E-state index contributed by atoms with van der Waals surface area (Å²) in [4.78, 5) is 25.5. The molecule has 0 saturated carbocycles. The van der Waals surface area contributed by atoms with Crippen LogP contribution in [0.1, 0.15) is 27.8 Å². The highest BCUT2D eigenvalue weighted by molar-refractivity contribution is 5.85.